The number of carbonyl (C=O) groups is 1. The fourth-order valence-corrected chi connectivity index (χ4v) is 12.3. The number of aromatic amines is 1. The second-order valence-corrected chi connectivity index (χ2v) is 21.0. The number of aliphatic hydroxyl groups excluding tert-OH is 1. The van der Waals surface area contributed by atoms with Crippen LogP contribution in [0.5, 0.6) is 0 Å². The summed E-state index contributed by atoms with van der Waals surface area (Å²) in [4.78, 5) is 95.5. The van der Waals surface area contributed by atoms with Crippen LogP contribution in [0.2, 0.25) is 0 Å². The van der Waals surface area contributed by atoms with E-state index < -0.39 is 89.8 Å². The van der Waals surface area contributed by atoms with Crippen molar-refractivity contribution in [2.24, 2.45) is 5.73 Å². The van der Waals surface area contributed by atoms with Gasteiger partial charge in [-0.1, -0.05) is 19.3 Å². The fraction of sp³-hybridized carbons (Fsp3) is 0.773. The summed E-state index contributed by atoms with van der Waals surface area (Å²) in [5, 5.41) is 12.9. The van der Waals surface area contributed by atoms with Crippen molar-refractivity contribution < 1.29 is 102 Å². The van der Waals surface area contributed by atoms with E-state index in [-0.39, 0.29) is 24.3 Å². The van der Waals surface area contributed by atoms with Gasteiger partial charge in [-0.25, -0.2) is 32.2 Å². The van der Waals surface area contributed by atoms with E-state index in [0.29, 0.717) is 45.2 Å². The Labute approximate surface area is 317 Å². The number of nitrogens with one attached hydrogen (secondary N) is 2. The van der Waals surface area contributed by atoms with E-state index in [1.807, 2.05) is 4.98 Å². The normalized spacial score (nSPS) is 23.8. The van der Waals surface area contributed by atoms with Gasteiger partial charge >= 0.3 is 52.6 Å². The number of rotatable bonds is 27. The quantitative estimate of drug-likeness (QED) is 0.0440. The summed E-state index contributed by atoms with van der Waals surface area (Å²) in [7, 11) is -36.8. The molecule has 2 heterocycles. The molecule has 0 radical (unpaired) electrons. The highest BCUT2D eigenvalue weighted by Crippen LogP contribution is 2.75. The number of phosphoric acid groups is 6. The van der Waals surface area contributed by atoms with Crippen LogP contribution in [0.25, 0.3) is 0 Å². The third kappa shape index (κ3) is 19.8. The molecule has 11 N–H and O–H groups in total. The van der Waals surface area contributed by atoms with Crippen molar-refractivity contribution in [3.63, 3.8) is 0 Å². The van der Waals surface area contributed by atoms with Gasteiger partial charge in [0.2, 0.25) is 5.91 Å². The summed E-state index contributed by atoms with van der Waals surface area (Å²) in [6, 6.07) is 0. The lowest BCUT2D eigenvalue weighted by molar-refractivity contribution is -0.121. The number of hydrogen-bond donors (Lipinski definition) is 10. The van der Waals surface area contributed by atoms with E-state index >= 15 is 0 Å². The van der Waals surface area contributed by atoms with Crippen LogP contribution in [0, 0.1) is 6.92 Å². The number of unbranched alkanes of at least 4 members (excludes halogenated alkanes) is 5. The van der Waals surface area contributed by atoms with E-state index in [4.69, 9.17) is 10.5 Å². The summed E-state index contributed by atoms with van der Waals surface area (Å²) in [6.07, 6.45) is 0.818. The fourth-order valence-electron chi connectivity index (χ4n) is 4.45. The lowest BCUT2D eigenvalue weighted by Gasteiger charge is -2.21. The summed E-state index contributed by atoms with van der Waals surface area (Å²) in [5.74, 6) is -0.125. The highest BCUT2D eigenvalue weighted by molar-refractivity contribution is 7.72. The van der Waals surface area contributed by atoms with E-state index in [1.54, 1.807) is 0 Å². The molecule has 1 aromatic heterocycles. The zero-order chi connectivity index (χ0) is 42.6. The molecule has 326 valence electrons. The lowest BCUT2D eigenvalue weighted by Crippen LogP contribution is -2.33. The second kappa shape index (κ2) is 21.9. The van der Waals surface area contributed by atoms with Crippen LogP contribution >= 0.6 is 46.9 Å². The number of aliphatic hydroxyl groups is 1. The van der Waals surface area contributed by atoms with Crippen molar-refractivity contribution in [1.29, 1.82) is 0 Å². The van der Waals surface area contributed by atoms with Gasteiger partial charge in [0.25, 0.3) is 5.56 Å². The molecule has 1 amide bonds. The first-order valence-electron chi connectivity index (χ1n) is 16.1. The third-order valence-corrected chi connectivity index (χ3v) is 16.1. The minimum absolute atomic E-state index is 0.0860. The van der Waals surface area contributed by atoms with Crippen molar-refractivity contribution in [2.45, 2.75) is 83.1 Å². The van der Waals surface area contributed by atoms with Crippen molar-refractivity contribution in [3.05, 3.63) is 32.6 Å². The van der Waals surface area contributed by atoms with Gasteiger partial charge in [0.05, 0.1) is 19.3 Å². The highest BCUT2D eigenvalue weighted by atomic mass is 31.3. The van der Waals surface area contributed by atoms with Crippen molar-refractivity contribution in [2.75, 3.05) is 26.3 Å². The Morgan fingerprint density at radius 2 is 1.30 bits per heavy atom. The van der Waals surface area contributed by atoms with Gasteiger partial charge in [-0.15, -0.1) is 0 Å². The molecule has 1 saturated heterocycles. The van der Waals surface area contributed by atoms with Gasteiger partial charge in [0.15, 0.2) is 0 Å². The average Bonchev–Trinajstić information content (AvgIpc) is 3.38. The number of nitrogens with two attached hydrogens (primary N) is 1. The zero-order valence-electron chi connectivity index (χ0n) is 29.3. The molecular formula is C22H44N4O24P6. The first-order chi connectivity index (χ1) is 25.7. The molecule has 0 spiro atoms. The molecule has 1 aliphatic heterocycles. The average molecular weight is 934 g/mol. The molecule has 9 atom stereocenters. The molecular weight excluding hydrogens is 890 g/mol. The standard InChI is InChI=1S/C22H44N4O24P6/c1-16-14-26(22(30)25-21(16)29)20-13-17(27)18(45-20)15-44-52(33,34)47-54(37,38)49-56(41,42)50-55(39,40)48-53(35,36)46-51(31,32)43-12-8-3-2-7-11-24-19(28)9-5-4-6-10-23/h14,17-18,20,27H,2-13,15,23H2,1H3,(H,24,28)(H,31,32)(H,33,34)(H,35,36)(H,37,38)(H,39,40)(H,41,42)(H,25,29,30)/t17-,18?,20-/m1/s1. The molecule has 34 heteroatoms. The van der Waals surface area contributed by atoms with Gasteiger partial charge < -0.3 is 50.3 Å². The maximum absolute atomic E-state index is 12.3. The monoisotopic (exact) mass is 934 g/mol. The summed E-state index contributed by atoms with van der Waals surface area (Å²) >= 11 is 0. The number of carbonyl (C=O) groups excluding carboxylic acids is 1. The number of hydrogen-bond acceptors (Lipinski definition) is 19. The van der Waals surface area contributed by atoms with Gasteiger partial charge in [-0.2, -0.15) is 21.6 Å². The molecule has 0 saturated carbocycles. The Balaban J connectivity index is 1.81. The number of H-pyrrole nitrogens is 1. The highest BCUT2D eigenvalue weighted by Gasteiger charge is 2.50. The molecule has 2 rings (SSSR count). The Kier molecular flexibility index (Phi) is 20.0. The number of phosphoric ester groups is 2. The summed E-state index contributed by atoms with van der Waals surface area (Å²) in [5.41, 5.74) is 3.84. The Morgan fingerprint density at radius 3 is 1.86 bits per heavy atom. The van der Waals surface area contributed by atoms with Gasteiger partial charge in [-0.05, 0) is 39.2 Å². The van der Waals surface area contributed by atoms with E-state index in [9.17, 15) is 76.2 Å². The van der Waals surface area contributed by atoms with Crippen molar-refractivity contribution >= 4 is 52.8 Å². The Morgan fingerprint density at radius 1 is 0.804 bits per heavy atom. The van der Waals surface area contributed by atoms with Crippen molar-refractivity contribution in [3.8, 4) is 0 Å². The molecule has 0 bridgehead atoms. The SMILES string of the molecule is Cc1cn([C@H]2C[C@@H](O)C(COP(=O)(O)OP(=O)(O)OP(=O)(O)OP(=O)(O)OP(=O)(O)OP(=O)(O)OCCCCCCNC(=O)CCCCCN)O2)c(=O)[nH]c1=O. The molecule has 0 aliphatic carbocycles. The molecule has 1 aromatic rings. The maximum atomic E-state index is 12.3. The smallest absolute Gasteiger partial charge is 0.390 e. The minimum atomic E-state index is -6.47. The first kappa shape index (κ1) is 51.0. The number of ether oxygens (including phenoxy) is 1. The van der Waals surface area contributed by atoms with E-state index in [2.05, 4.69) is 35.9 Å². The van der Waals surface area contributed by atoms with Crippen LogP contribution in [-0.4, -0.2) is 88.4 Å². The zero-order valence-corrected chi connectivity index (χ0v) is 34.6. The predicted octanol–water partition coefficient (Wildman–Crippen LogP) is 1.41. The Hall–Kier alpha value is -1.11. The van der Waals surface area contributed by atoms with Crippen LogP contribution in [0.1, 0.15) is 69.6 Å². The molecule has 0 aromatic carbocycles. The summed E-state index contributed by atoms with van der Waals surface area (Å²) < 4.78 is 106. The predicted molar refractivity (Wildman–Crippen MR) is 186 cm³/mol. The first-order valence-corrected chi connectivity index (χ1v) is 25.1. The van der Waals surface area contributed by atoms with E-state index in [0.717, 1.165) is 23.6 Å². The molecule has 1 aliphatic rings. The molecule has 28 nitrogen and oxygen atoms in total. The Bertz CT molecular complexity index is 1890. The summed E-state index contributed by atoms with van der Waals surface area (Å²) in [6.45, 7) is 0.618. The second-order valence-electron chi connectivity index (χ2n) is 11.6. The van der Waals surface area contributed by atoms with E-state index in [1.165, 1.54) is 6.92 Å². The van der Waals surface area contributed by atoms with Crippen LogP contribution in [0.3, 0.4) is 0 Å². The number of aromatic nitrogens is 2. The maximum Gasteiger partial charge on any atom is 0.490 e. The molecule has 56 heavy (non-hydrogen) atoms. The van der Waals surface area contributed by atoms with Crippen molar-refractivity contribution in [1.82, 2.24) is 14.9 Å². The number of aryl methyl sites for hydroxylation is 1. The van der Waals surface area contributed by atoms with Crippen LogP contribution in [-0.2, 0) is 67.5 Å². The number of amides is 1. The lowest BCUT2D eigenvalue weighted by atomic mass is 10.2. The van der Waals surface area contributed by atoms with Gasteiger partial charge in [0, 0.05) is 31.1 Å². The topological polar surface area (TPSA) is 428 Å². The van der Waals surface area contributed by atoms with Crippen LogP contribution < -0.4 is 22.3 Å². The third-order valence-electron chi connectivity index (χ3n) is 6.85. The molecule has 7 unspecified atom stereocenters. The largest absolute Gasteiger partial charge is 0.490 e. The molecule has 1 fully saturated rings. The van der Waals surface area contributed by atoms with Crippen LogP contribution in [0.4, 0.5) is 0 Å². The van der Waals surface area contributed by atoms with Gasteiger partial charge in [-0.3, -0.25) is 28.2 Å². The van der Waals surface area contributed by atoms with Crippen LogP contribution in [0.15, 0.2) is 15.8 Å². The van der Waals surface area contributed by atoms with Gasteiger partial charge in [0.1, 0.15) is 12.3 Å². The minimum Gasteiger partial charge on any atom is -0.390 e. The number of nitrogens with zero attached hydrogens (tertiary/aromatic N) is 1.